The lowest BCUT2D eigenvalue weighted by atomic mass is 10.0. The van der Waals surface area contributed by atoms with E-state index in [0.717, 1.165) is 44.1 Å². The van der Waals surface area contributed by atoms with Gasteiger partial charge >= 0.3 is 0 Å². The van der Waals surface area contributed by atoms with Gasteiger partial charge in [-0.15, -0.1) is 0 Å². The van der Waals surface area contributed by atoms with Crippen LogP contribution in [0.15, 0.2) is 0 Å². The molecule has 92 valence electrons. The fourth-order valence-corrected chi connectivity index (χ4v) is 2.98. The van der Waals surface area contributed by atoms with E-state index in [9.17, 15) is 4.79 Å². The molecular formula is C13H23NO2. The molecule has 0 bridgehead atoms. The minimum Gasteiger partial charge on any atom is -0.395 e. The first-order chi connectivity index (χ1) is 7.76. The van der Waals surface area contributed by atoms with Crippen molar-refractivity contribution in [3.8, 4) is 0 Å². The average molecular weight is 225 g/mol. The van der Waals surface area contributed by atoms with Crippen LogP contribution in [0.5, 0.6) is 0 Å². The van der Waals surface area contributed by atoms with Crippen LogP contribution in [-0.4, -0.2) is 35.6 Å². The molecule has 0 aliphatic heterocycles. The summed E-state index contributed by atoms with van der Waals surface area (Å²) in [4.78, 5) is 14.1. The quantitative estimate of drug-likeness (QED) is 0.746. The summed E-state index contributed by atoms with van der Waals surface area (Å²) in [5.41, 5.74) is 0. The molecule has 0 heterocycles. The predicted molar refractivity (Wildman–Crippen MR) is 62.9 cm³/mol. The van der Waals surface area contributed by atoms with Gasteiger partial charge in [0, 0.05) is 19.0 Å². The van der Waals surface area contributed by atoms with Gasteiger partial charge in [0.15, 0.2) is 0 Å². The van der Waals surface area contributed by atoms with Gasteiger partial charge in [-0.3, -0.25) is 4.79 Å². The Morgan fingerprint density at radius 3 is 2.50 bits per heavy atom. The van der Waals surface area contributed by atoms with Crippen LogP contribution in [0.1, 0.15) is 39.0 Å². The second-order valence-corrected chi connectivity index (χ2v) is 5.33. The van der Waals surface area contributed by atoms with Gasteiger partial charge < -0.3 is 10.0 Å². The van der Waals surface area contributed by atoms with Crippen LogP contribution in [0.3, 0.4) is 0 Å². The molecule has 0 aromatic rings. The van der Waals surface area contributed by atoms with E-state index in [1.54, 1.807) is 0 Å². The van der Waals surface area contributed by atoms with E-state index in [0.29, 0.717) is 12.5 Å². The third-order valence-corrected chi connectivity index (χ3v) is 4.06. The number of carbonyl (C=O) groups excluding carboxylic acids is 1. The molecular weight excluding hydrogens is 202 g/mol. The smallest absolute Gasteiger partial charge is 0.225 e. The molecule has 1 N–H and O–H groups in total. The molecule has 2 unspecified atom stereocenters. The number of fused-ring (bicyclic) bond motifs is 1. The third kappa shape index (κ3) is 2.57. The molecule has 0 saturated heterocycles. The third-order valence-electron chi connectivity index (χ3n) is 4.06. The molecule has 2 fully saturated rings. The minimum atomic E-state index is 0.0923. The molecule has 0 radical (unpaired) electrons. The molecule has 0 aromatic carbocycles. The second-order valence-electron chi connectivity index (χ2n) is 5.33. The molecule has 2 atom stereocenters. The molecule has 0 aromatic heterocycles. The molecule has 3 heteroatoms. The molecule has 2 aliphatic carbocycles. The number of unbranched alkanes of at least 4 members (excludes halogenated alkanes) is 1. The van der Waals surface area contributed by atoms with Crippen LogP contribution in [-0.2, 0) is 4.79 Å². The van der Waals surface area contributed by atoms with E-state index in [2.05, 4.69) is 6.92 Å². The number of amides is 1. The van der Waals surface area contributed by atoms with Crippen LogP contribution in [0.2, 0.25) is 0 Å². The molecule has 0 spiro atoms. The Kier molecular flexibility index (Phi) is 3.85. The largest absolute Gasteiger partial charge is 0.395 e. The van der Waals surface area contributed by atoms with Crippen molar-refractivity contribution in [2.45, 2.75) is 39.0 Å². The standard InChI is InChI=1S/C13H23NO2/c1-2-3-4-14(5-6-15)13(16)12-8-10-7-11(10)9-12/h10-12,15H,2-9H2,1H3. The number of rotatable bonds is 6. The van der Waals surface area contributed by atoms with Gasteiger partial charge in [0.25, 0.3) is 0 Å². The highest BCUT2D eigenvalue weighted by Crippen LogP contribution is 2.54. The monoisotopic (exact) mass is 225 g/mol. The number of hydrogen-bond donors (Lipinski definition) is 1. The zero-order valence-corrected chi connectivity index (χ0v) is 10.2. The number of aliphatic hydroxyl groups excluding tert-OH is 1. The van der Waals surface area contributed by atoms with E-state index >= 15 is 0 Å². The molecule has 1 amide bonds. The summed E-state index contributed by atoms with van der Waals surface area (Å²) >= 11 is 0. The van der Waals surface area contributed by atoms with Crippen molar-refractivity contribution in [2.75, 3.05) is 19.7 Å². The van der Waals surface area contributed by atoms with E-state index in [4.69, 9.17) is 5.11 Å². The number of nitrogens with zero attached hydrogens (tertiary/aromatic N) is 1. The Balaban J connectivity index is 1.83. The highest BCUT2D eigenvalue weighted by molar-refractivity contribution is 5.79. The molecule has 16 heavy (non-hydrogen) atoms. The molecule has 2 aliphatic rings. The van der Waals surface area contributed by atoms with E-state index in [-0.39, 0.29) is 12.5 Å². The minimum absolute atomic E-state index is 0.0923. The van der Waals surface area contributed by atoms with E-state index in [1.165, 1.54) is 6.42 Å². The summed E-state index contributed by atoms with van der Waals surface area (Å²) in [6, 6.07) is 0. The van der Waals surface area contributed by atoms with Crippen LogP contribution in [0.25, 0.3) is 0 Å². The summed E-state index contributed by atoms with van der Waals surface area (Å²) in [5.74, 6) is 2.29. The van der Waals surface area contributed by atoms with Crippen LogP contribution >= 0.6 is 0 Å². The van der Waals surface area contributed by atoms with E-state index < -0.39 is 0 Å². The molecule has 3 nitrogen and oxygen atoms in total. The normalized spacial score (nSPS) is 31.2. The van der Waals surface area contributed by atoms with Crippen molar-refractivity contribution in [3.05, 3.63) is 0 Å². The first-order valence-electron chi connectivity index (χ1n) is 6.66. The summed E-state index contributed by atoms with van der Waals surface area (Å²) < 4.78 is 0. The first kappa shape index (κ1) is 11.9. The van der Waals surface area contributed by atoms with Gasteiger partial charge in [-0.25, -0.2) is 0 Å². The predicted octanol–water partition coefficient (Wildman–Crippen LogP) is 1.65. The first-order valence-corrected chi connectivity index (χ1v) is 6.66. The lowest BCUT2D eigenvalue weighted by Gasteiger charge is -2.25. The van der Waals surface area contributed by atoms with Crippen molar-refractivity contribution in [2.24, 2.45) is 17.8 Å². The summed E-state index contributed by atoms with van der Waals surface area (Å²) in [6.45, 7) is 3.56. The maximum absolute atomic E-state index is 12.2. The van der Waals surface area contributed by atoms with Crippen molar-refractivity contribution < 1.29 is 9.90 Å². The van der Waals surface area contributed by atoms with Crippen molar-refractivity contribution in [1.29, 1.82) is 0 Å². The SMILES string of the molecule is CCCCN(CCO)C(=O)C1CC2CC2C1. The summed E-state index contributed by atoms with van der Waals surface area (Å²) in [6.07, 6.45) is 5.73. The average Bonchev–Trinajstić information content (AvgIpc) is 2.90. The van der Waals surface area contributed by atoms with Crippen LogP contribution in [0.4, 0.5) is 0 Å². The lowest BCUT2D eigenvalue weighted by Crippen LogP contribution is -2.38. The van der Waals surface area contributed by atoms with Gasteiger partial charge in [-0.1, -0.05) is 13.3 Å². The zero-order valence-electron chi connectivity index (χ0n) is 10.2. The highest BCUT2D eigenvalue weighted by Gasteiger charge is 2.48. The van der Waals surface area contributed by atoms with Crippen molar-refractivity contribution in [1.82, 2.24) is 4.90 Å². The molecule has 2 saturated carbocycles. The maximum Gasteiger partial charge on any atom is 0.225 e. The summed E-state index contributed by atoms with van der Waals surface area (Å²) in [7, 11) is 0. The highest BCUT2D eigenvalue weighted by atomic mass is 16.3. The van der Waals surface area contributed by atoms with Gasteiger partial charge in [0.2, 0.25) is 5.91 Å². The van der Waals surface area contributed by atoms with Crippen molar-refractivity contribution >= 4 is 5.91 Å². The fourth-order valence-electron chi connectivity index (χ4n) is 2.98. The topological polar surface area (TPSA) is 40.5 Å². The van der Waals surface area contributed by atoms with Crippen LogP contribution in [0, 0.1) is 17.8 Å². The Hall–Kier alpha value is -0.570. The van der Waals surface area contributed by atoms with Gasteiger partial charge in [-0.2, -0.15) is 0 Å². The van der Waals surface area contributed by atoms with Crippen LogP contribution < -0.4 is 0 Å². The van der Waals surface area contributed by atoms with Gasteiger partial charge in [-0.05, 0) is 37.5 Å². The maximum atomic E-state index is 12.2. The number of carbonyl (C=O) groups is 1. The van der Waals surface area contributed by atoms with Crippen molar-refractivity contribution in [3.63, 3.8) is 0 Å². The Morgan fingerprint density at radius 1 is 1.25 bits per heavy atom. The lowest BCUT2D eigenvalue weighted by molar-refractivity contribution is -0.136. The van der Waals surface area contributed by atoms with E-state index in [1.807, 2.05) is 4.90 Å². The Labute approximate surface area is 97.8 Å². The Morgan fingerprint density at radius 2 is 1.94 bits per heavy atom. The Bertz CT molecular complexity index is 244. The number of hydrogen-bond acceptors (Lipinski definition) is 2. The number of aliphatic hydroxyl groups is 1. The molecule has 2 rings (SSSR count). The van der Waals surface area contributed by atoms with Gasteiger partial charge in [0.05, 0.1) is 6.61 Å². The zero-order chi connectivity index (χ0) is 11.5. The van der Waals surface area contributed by atoms with Gasteiger partial charge in [0.1, 0.15) is 0 Å². The summed E-state index contributed by atoms with van der Waals surface area (Å²) in [5, 5.41) is 8.99. The second kappa shape index (κ2) is 5.17. The fraction of sp³-hybridized carbons (Fsp3) is 0.923.